The molecule has 25 heavy (non-hydrogen) atoms. The monoisotopic (exact) mass is 366 g/mol. The maximum absolute atomic E-state index is 12.8. The molecule has 2 fully saturated rings. The molecule has 2 saturated heterocycles. The van der Waals surface area contributed by atoms with E-state index in [4.69, 9.17) is 5.14 Å². The van der Waals surface area contributed by atoms with Crippen LogP contribution in [0.4, 0.5) is 5.69 Å². The normalized spacial score (nSPS) is 24.6. The van der Waals surface area contributed by atoms with Crippen molar-refractivity contribution in [2.75, 3.05) is 31.1 Å². The minimum Gasteiger partial charge on any atom is -0.337 e. The fraction of sp³-hybridized carbons (Fsp3) is 0.500. The molecular weight excluding hydrogens is 344 g/mol. The number of piperazine rings is 1. The van der Waals surface area contributed by atoms with Gasteiger partial charge in [-0.2, -0.15) is 0 Å². The van der Waals surface area contributed by atoms with Crippen molar-refractivity contribution in [3.8, 4) is 0 Å². The average molecular weight is 366 g/mol. The molecular formula is C16H22N4O4S. The number of anilines is 1. The lowest BCUT2D eigenvalue weighted by Crippen LogP contribution is -2.54. The van der Waals surface area contributed by atoms with Gasteiger partial charge in [-0.05, 0) is 25.1 Å². The maximum Gasteiger partial charge on any atom is 0.238 e. The van der Waals surface area contributed by atoms with Gasteiger partial charge in [0.1, 0.15) is 0 Å². The van der Waals surface area contributed by atoms with Gasteiger partial charge in [-0.15, -0.1) is 0 Å². The molecule has 0 spiro atoms. The molecule has 9 heteroatoms. The van der Waals surface area contributed by atoms with Crippen LogP contribution >= 0.6 is 0 Å². The Morgan fingerprint density at radius 2 is 2.12 bits per heavy atom. The molecule has 2 amide bonds. The number of sulfonamides is 1. The molecule has 2 atom stereocenters. The molecule has 2 aliphatic rings. The topological polar surface area (TPSA) is 113 Å². The second kappa shape index (κ2) is 6.74. The number of carbonyl (C=O) groups excluding carboxylic acids is 2. The molecule has 2 aliphatic heterocycles. The van der Waals surface area contributed by atoms with E-state index in [-0.39, 0.29) is 35.7 Å². The van der Waals surface area contributed by atoms with E-state index in [2.05, 4.69) is 5.32 Å². The highest BCUT2D eigenvalue weighted by atomic mass is 32.2. The third kappa shape index (κ3) is 3.68. The van der Waals surface area contributed by atoms with E-state index in [1.165, 1.54) is 23.1 Å². The summed E-state index contributed by atoms with van der Waals surface area (Å²) in [4.78, 5) is 28.4. The summed E-state index contributed by atoms with van der Waals surface area (Å²) in [6, 6.07) is 6.02. The fourth-order valence-electron chi connectivity index (χ4n) is 3.35. The molecule has 0 aromatic heterocycles. The minimum absolute atomic E-state index is 0.0209. The van der Waals surface area contributed by atoms with E-state index in [1.807, 2.05) is 11.8 Å². The lowest BCUT2D eigenvalue weighted by Gasteiger charge is -2.35. The smallest absolute Gasteiger partial charge is 0.238 e. The summed E-state index contributed by atoms with van der Waals surface area (Å²) < 4.78 is 23.0. The van der Waals surface area contributed by atoms with E-state index in [0.717, 1.165) is 13.1 Å². The van der Waals surface area contributed by atoms with Crippen LogP contribution in [-0.2, 0) is 19.6 Å². The van der Waals surface area contributed by atoms with Crippen LogP contribution in [0.3, 0.4) is 0 Å². The van der Waals surface area contributed by atoms with E-state index >= 15 is 0 Å². The first-order valence-electron chi connectivity index (χ1n) is 8.22. The quantitative estimate of drug-likeness (QED) is 0.749. The fourth-order valence-corrected chi connectivity index (χ4v) is 3.91. The summed E-state index contributed by atoms with van der Waals surface area (Å²) in [7, 11) is -3.85. The zero-order valence-corrected chi connectivity index (χ0v) is 14.8. The van der Waals surface area contributed by atoms with Gasteiger partial charge in [0, 0.05) is 44.3 Å². The van der Waals surface area contributed by atoms with Gasteiger partial charge >= 0.3 is 0 Å². The van der Waals surface area contributed by atoms with E-state index in [9.17, 15) is 18.0 Å². The van der Waals surface area contributed by atoms with Crippen LogP contribution in [0.15, 0.2) is 29.2 Å². The number of amides is 2. The van der Waals surface area contributed by atoms with Crippen LogP contribution in [0.25, 0.3) is 0 Å². The first-order chi connectivity index (χ1) is 11.8. The van der Waals surface area contributed by atoms with Crippen LogP contribution in [0, 0.1) is 5.92 Å². The van der Waals surface area contributed by atoms with Crippen LogP contribution in [-0.4, -0.2) is 57.4 Å². The summed E-state index contributed by atoms with van der Waals surface area (Å²) in [5.41, 5.74) is 0.445. The van der Waals surface area contributed by atoms with Crippen LogP contribution in [0.1, 0.15) is 13.3 Å². The van der Waals surface area contributed by atoms with Gasteiger partial charge in [-0.3, -0.25) is 9.59 Å². The number of nitrogens with one attached hydrogen (secondary N) is 1. The van der Waals surface area contributed by atoms with Gasteiger partial charge in [0.15, 0.2) is 0 Å². The summed E-state index contributed by atoms with van der Waals surface area (Å²) >= 11 is 0. The molecule has 136 valence electrons. The lowest BCUT2D eigenvalue weighted by molar-refractivity contribution is -0.138. The van der Waals surface area contributed by atoms with Crippen LogP contribution in [0.5, 0.6) is 0 Å². The van der Waals surface area contributed by atoms with Crippen molar-refractivity contribution in [3.05, 3.63) is 24.3 Å². The molecule has 3 N–H and O–H groups in total. The molecule has 2 heterocycles. The molecule has 0 aliphatic carbocycles. The highest BCUT2D eigenvalue weighted by molar-refractivity contribution is 7.89. The Hall–Kier alpha value is -1.97. The Kier molecular flexibility index (Phi) is 4.81. The first-order valence-corrected chi connectivity index (χ1v) is 9.76. The van der Waals surface area contributed by atoms with Gasteiger partial charge in [-0.1, -0.05) is 6.07 Å². The number of nitrogens with two attached hydrogens (primary N) is 1. The van der Waals surface area contributed by atoms with Gasteiger partial charge < -0.3 is 15.1 Å². The summed E-state index contributed by atoms with van der Waals surface area (Å²) in [5, 5.41) is 8.38. The second-order valence-electron chi connectivity index (χ2n) is 6.53. The van der Waals surface area contributed by atoms with Crippen LogP contribution in [0.2, 0.25) is 0 Å². The van der Waals surface area contributed by atoms with Crippen molar-refractivity contribution < 1.29 is 18.0 Å². The molecule has 1 aromatic rings. The van der Waals surface area contributed by atoms with Crippen molar-refractivity contribution in [1.29, 1.82) is 0 Å². The first kappa shape index (κ1) is 17.8. The molecule has 0 bridgehead atoms. The van der Waals surface area contributed by atoms with E-state index < -0.39 is 15.9 Å². The van der Waals surface area contributed by atoms with Crippen LogP contribution < -0.4 is 15.4 Å². The van der Waals surface area contributed by atoms with Crippen molar-refractivity contribution in [3.63, 3.8) is 0 Å². The van der Waals surface area contributed by atoms with E-state index in [0.29, 0.717) is 12.2 Å². The summed E-state index contributed by atoms with van der Waals surface area (Å²) in [6.07, 6.45) is 0.134. The van der Waals surface area contributed by atoms with Crippen molar-refractivity contribution >= 4 is 27.5 Å². The summed E-state index contributed by atoms with van der Waals surface area (Å²) in [6.45, 7) is 4.35. The SMILES string of the molecule is CC1CNCCN1C(=O)C1CC(=O)N(c2cccc(S(N)(=O)=O)c2)C1. The van der Waals surface area contributed by atoms with Gasteiger partial charge in [0.2, 0.25) is 21.8 Å². The molecule has 2 unspecified atom stereocenters. The van der Waals surface area contributed by atoms with E-state index in [1.54, 1.807) is 6.07 Å². The number of hydrogen-bond donors (Lipinski definition) is 2. The van der Waals surface area contributed by atoms with Gasteiger partial charge in [0.05, 0.1) is 10.8 Å². The van der Waals surface area contributed by atoms with Gasteiger partial charge in [0.25, 0.3) is 0 Å². The lowest BCUT2D eigenvalue weighted by atomic mass is 10.1. The van der Waals surface area contributed by atoms with Gasteiger partial charge in [-0.25, -0.2) is 13.6 Å². The maximum atomic E-state index is 12.8. The molecule has 3 rings (SSSR count). The average Bonchev–Trinajstić information content (AvgIpc) is 2.96. The molecule has 0 radical (unpaired) electrons. The minimum atomic E-state index is -3.85. The number of carbonyl (C=O) groups is 2. The second-order valence-corrected chi connectivity index (χ2v) is 8.09. The largest absolute Gasteiger partial charge is 0.337 e. The molecule has 1 aromatic carbocycles. The Balaban J connectivity index is 1.78. The third-order valence-electron chi connectivity index (χ3n) is 4.72. The zero-order valence-electron chi connectivity index (χ0n) is 14.0. The predicted octanol–water partition coefficient (Wildman–Crippen LogP) is -0.493. The Bertz CT molecular complexity index is 795. The van der Waals surface area contributed by atoms with Crippen molar-refractivity contribution in [2.24, 2.45) is 11.1 Å². The highest BCUT2D eigenvalue weighted by Crippen LogP contribution is 2.28. The van der Waals surface area contributed by atoms with Crippen molar-refractivity contribution in [2.45, 2.75) is 24.3 Å². The number of benzene rings is 1. The third-order valence-corrected chi connectivity index (χ3v) is 5.63. The number of rotatable bonds is 3. The number of hydrogen-bond acceptors (Lipinski definition) is 5. The number of primary sulfonamides is 1. The Morgan fingerprint density at radius 1 is 1.36 bits per heavy atom. The summed E-state index contributed by atoms with van der Waals surface area (Å²) in [5.74, 6) is -0.619. The Morgan fingerprint density at radius 3 is 2.80 bits per heavy atom. The zero-order chi connectivity index (χ0) is 18.2. The standard InChI is InChI=1S/C16H22N4O4S/c1-11-9-18-5-6-19(11)16(22)12-7-15(21)20(10-12)13-3-2-4-14(8-13)25(17,23)24/h2-4,8,11-12,18H,5-7,9-10H2,1H3,(H2,17,23,24). The van der Waals surface area contributed by atoms with Crippen molar-refractivity contribution in [1.82, 2.24) is 10.2 Å². The predicted molar refractivity (Wildman–Crippen MR) is 92.3 cm³/mol. The molecule has 0 saturated carbocycles. The highest BCUT2D eigenvalue weighted by Gasteiger charge is 2.38. The Labute approximate surface area is 147 Å². The number of nitrogens with zero attached hydrogens (tertiary/aromatic N) is 2. The molecule has 8 nitrogen and oxygen atoms in total.